The van der Waals surface area contributed by atoms with E-state index in [0.717, 1.165) is 10.5 Å². The zero-order valence-corrected chi connectivity index (χ0v) is 9.61. The fraction of sp³-hybridized carbons (Fsp3) is 0.0909. The molecule has 78 valence electrons. The van der Waals surface area contributed by atoms with Crippen molar-refractivity contribution in [1.82, 2.24) is 0 Å². The first-order chi connectivity index (χ1) is 7.00. The van der Waals surface area contributed by atoms with Crippen LogP contribution in [0.25, 0.3) is 0 Å². The molecule has 1 aromatic rings. The highest BCUT2D eigenvalue weighted by Crippen LogP contribution is 2.13. The van der Waals surface area contributed by atoms with Gasteiger partial charge in [0, 0.05) is 21.7 Å². The highest BCUT2D eigenvalue weighted by molar-refractivity contribution is 9.10. The molecule has 0 amide bonds. The molecule has 0 saturated heterocycles. The largest absolute Gasteiger partial charge is 0.478 e. The summed E-state index contributed by atoms with van der Waals surface area (Å²) in [6.07, 6.45) is 0.907. The van der Waals surface area contributed by atoms with Crippen LogP contribution in [0, 0.1) is 0 Å². The first-order valence-corrected chi connectivity index (χ1v) is 5.01. The summed E-state index contributed by atoms with van der Waals surface area (Å²) in [7, 11) is 0. The van der Waals surface area contributed by atoms with Gasteiger partial charge >= 0.3 is 5.97 Å². The molecule has 0 radical (unpaired) electrons. The summed E-state index contributed by atoms with van der Waals surface area (Å²) in [5.74, 6) is -1.39. The molecule has 1 rings (SSSR count). The fourth-order valence-electron chi connectivity index (χ4n) is 1.08. The average molecular weight is 269 g/mol. The van der Waals surface area contributed by atoms with E-state index < -0.39 is 5.97 Å². The minimum absolute atomic E-state index is 0.213. The van der Waals surface area contributed by atoms with Crippen molar-refractivity contribution in [2.24, 2.45) is 0 Å². The molecule has 0 aromatic heterocycles. The summed E-state index contributed by atoms with van der Waals surface area (Å²) in [6, 6.07) is 6.76. The van der Waals surface area contributed by atoms with E-state index in [-0.39, 0.29) is 11.4 Å². The number of rotatable bonds is 3. The number of Topliss-reactive ketones (excluding diaryl/α,β-unsaturated/α-hetero) is 1. The van der Waals surface area contributed by atoms with E-state index in [9.17, 15) is 9.59 Å². The van der Waals surface area contributed by atoms with Crippen LogP contribution in [0.3, 0.4) is 0 Å². The van der Waals surface area contributed by atoms with Gasteiger partial charge in [0.05, 0.1) is 0 Å². The minimum atomic E-state index is -1.11. The third kappa shape index (κ3) is 3.32. The molecular formula is C11H9BrO3. The second-order valence-corrected chi connectivity index (χ2v) is 3.92. The predicted molar refractivity (Wildman–Crippen MR) is 59.9 cm³/mol. The van der Waals surface area contributed by atoms with E-state index >= 15 is 0 Å². The Morgan fingerprint density at radius 2 is 1.80 bits per heavy atom. The van der Waals surface area contributed by atoms with Gasteiger partial charge in [-0.25, -0.2) is 4.79 Å². The van der Waals surface area contributed by atoms with Gasteiger partial charge in [-0.15, -0.1) is 0 Å². The Morgan fingerprint density at radius 3 is 2.27 bits per heavy atom. The van der Waals surface area contributed by atoms with Gasteiger partial charge < -0.3 is 5.11 Å². The molecule has 0 saturated carbocycles. The molecule has 0 unspecified atom stereocenters. The number of hydrogen-bond acceptors (Lipinski definition) is 2. The zero-order chi connectivity index (χ0) is 11.4. The lowest BCUT2D eigenvalue weighted by molar-refractivity contribution is -0.131. The molecule has 1 aromatic carbocycles. The lowest BCUT2D eigenvalue weighted by atomic mass is 10.0. The maximum Gasteiger partial charge on any atom is 0.328 e. The molecule has 3 nitrogen and oxygen atoms in total. The molecule has 4 heteroatoms. The van der Waals surface area contributed by atoms with Gasteiger partial charge in [0.2, 0.25) is 0 Å². The summed E-state index contributed by atoms with van der Waals surface area (Å²) in [5.41, 5.74) is 0.693. The van der Waals surface area contributed by atoms with Crippen LogP contribution in [0.1, 0.15) is 17.3 Å². The summed E-state index contributed by atoms with van der Waals surface area (Å²) in [6.45, 7) is 1.48. The van der Waals surface area contributed by atoms with Crippen molar-refractivity contribution in [2.45, 2.75) is 6.92 Å². The average Bonchev–Trinajstić information content (AvgIpc) is 2.17. The van der Waals surface area contributed by atoms with E-state index in [4.69, 9.17) is 5.11 Å². The van der Waals surface area contributed by atoms with Crippen LogP contribution in [0.15, 0.2) is 40.4 Å². The molecule has 0 aliphatic heterocycles. The van der Waals surface area contributed by atoms with Gasteiger partial charge in [-0.3, -0.25) is 4.79 Å². The summed E-state index contributed by atoms with van der Waals surface area (Å²) >= 11 is 3.25. The molecule has 0 fully saturated rings. The van der Waals surface area contributed by atoms with Gasteiger partial charge in [0.25, 0.3) is 0 Å². The normalized spacial score (nSPS) is 11.2. The number of carbonyl (C=O) groups excluding carboxylic acids is 1. The molecule has 0 atom stereocenters. The van der Waals surface area contributed by atoms with Crippen molar-refractivity contribution >= 4 is 27.7 Å². The van der Waals surface area contributed by atoms with Crippen LogP contribution in [0.5, 0.6) is 0 Å². The monoisotopic (exact) mass is 268 g/mol. The Kier molecular flexibility index (Phi) is 3.80. The van der Waals surface area contributed by atoms with E-state index in [1.807, 2.05) is 0 Å². The Balaban J connectivity index is 2.95. The van der Waals surface area contributed by atoms with Crippen molar-refractivity contribution in [3.8, 4) is 0 Å². The first kappa shape index (κ1) is 11.7. The Hall–Kier alpha value is -1.42. The number of allylic oxidation sites excluding steroid dienone is 1. The zero-order valence-electron chi connectivity index (χ0n) is 8.03. The number of aliphatic carboxylic acids is 1. The van der Waals surface area contributed by atoms with Crippen molar-refractivity contribution in [3.05, 3.63) is 46.0 Å². The molecule has 0 bridgehead atoms. The maximum absolute atomic E-state index is 11.6. The maximum atomic E-state index is 11.6. The molecule has 15 heavy (non-hydrogen) atoms. The predicted octanol–water partition coefficient (Wildman–Crippen LogP) is 2.66. The molecule has 0 heterocycles. The van der Waals surface area contributed by atoms with Crippen molar-refractivity contribution in [3.63, 3.8) is 0 Å². The van der Waals surface area contributed by atoms with Gasteiger partial charge in [0.1, 0.15) is 0 Å². The summed E-state index contributed by atoms with van der Waals surface area (Å²) in [4.78, 5) is 22.0. The van der Waals surface area contributed by atoms with Crippen molar-refractivity contribution < 1.29 is 14.7 Å². The molecule has 0 aliphatic carbocycles. The number of benzene rings is 1. The van der Waals surface area contributed by atoms with E-state index in [0.29, 0.717) is 5.56 Å². The topological polar surface area (TPSA) is 54.4 Å². The molecular weight excluding hydrogens is 260 g/mol. The second-order valence-electron chi connectivity index (χ2n) is 3.00. The molecule has 1 N–H and O–H groups in total. The van der Waals surface area contributed by atoms with Gasteiger partial charge in [-0.2, -0.15) is 0 Å². The Morgan fingerprint density at radius 1 is 1.27 bits per heavy atom. The first-order valence-electron chi connectivity index (χ1n) is 4.22. The highest BCUT2D eigenvalue weighted by atomic mass is 79.9. The number of carbonyl (C=O) groups is 2. The third-order valence-electron chi connectivity index (χ3n) is 1.80. The lowest BCUT2D eigenvalue weighted by Crippen LogP contribution is -2.02. The van der Waals surface area contributed by atoms with Crippen LogP contribution in [-0.2, 0) is 4.79 Å². The SMILES string of the molecule is C/C(=C\C(=O)O)C(=O)c1ccc(Br)cc1. The number of halogens is 1. The standard InChI is InChI=1S/C11H9BrO3/c1-7(6-10(13)14)11(15)8-2-4-9(12)5-3-8/h2-6H,1H3,(H,13,14)/b7-6+. The number of ketones is 1. The summed E-state index contributed by atoms with van der Waals surface area (Å²) in [5, 5.41) is 8.49. The smallest absolute Gasteiger partial charge is 0.328 e. The van der Waals surface area contributed by atoms with E-state index in [2.05, 4.69) is 15.9 Å². The highest BCUT2D eigenvalue weighted by Gasteiger charge is 2.08. The van der Waals surface area contributed by atoms with Gasteiger partial charge in [0.15, 0.2) is 5.78 Å². The van der Waals surface area contributed by atoms with E-state index in [1.165, 1.54) is 6.92 Å². The van der Waals surface area contributed by atoms with Crippen molar-refractivity contribution in [2.75, 3.05) is 0 Å². The van der Waals surface area contributed by atoms with Crippen LogP contribution >= 0.6 is 15.9 Å². The van der Waals surface area contributed by atoms with Crippen LogP contribution in [0.2, 0.25) is 0 Å². The Labute approximate surface area is 95.6 Å². The van der Waals surface area contributed by atoms with Crippen LogP contribution in [0.4, 0.5) is 0 Å². The molecule has 0 aliphatic rings. The quantitative estimate of drug-likeness (QED) is 0.678. The number of carboxylic acids is 1. The van der Waals surface area contributed by atoms with Gasteiger partial charge in [-0.05, 0) is 31.2 Å². The van der Waals surface area contributed by atoms with E-state index in [1.54, 1.807) is 24.3 Å². The summed E-state index contributed by atoms with van der Waals surface area (Å²) < 4.78 is 0.874. The fourth-order valence-corrected chi connectivity index (χ4v) is 1.34. The number of carboxylic acid groups (broad SMARTS) is 1. The second kappa shape index (κ2) is 4.89. The van der Waals surface area contributed by atoms with Gasteiger partial charge in [-0.1, -0.05) is 15.9 Å². The third-order valence-corrected chi connectivity index (χ3v) is 2.33. The number of hydrogen-bond donors (Lipinski definition) is 1. The van der Waals surface area contributed by atoms with Crippen LogP contribution < -0.4 is 0 Å². The van der Waals surface area contributed by atoms with Crippen molar-refractivity contribution in [1.29, 1.82) is 0 Å². The molecule has 0 spiro atoms. The lowest BCUT2D eigenvalue weighted by Gasteiger charge is -2.00. The minimum Gasteiger partial charge on any atom is -0.478 e. The van der Waals surface area contributed by atoms with Crippen LogP contribution in [-0.4, -0.2) is 16.9 Å². The Bertz CT molecular complexity index is 418.